The van der Waals surface area contributed by atoms with Gasteiger partial charge in [0.15, 0.2) is 0 Å². The van der Waals surface area contributed by atoms with E-state index < -0.39 is 0 Å². The van der Waals surface area contributed by atoms with Crippen LogP contribution in [0.4, 0.5) is 0 Å². The highest BCUT2D eigenvalue weighted by Gasteiger charge is 2.14. The zero-order valence-corrected chi connectivity index (χ0v) is 12.7. The molecule has 0 fully saturated rings. The van der Waals surface area contributed by atoms with Crippen molar-refractivity contribution in [3.63, 3.8) is 0 Å². The minimum absolute atomic E-state index is 0.0197. The molecule has 0 aliphatic carbocycles. The van der Waals surface area contributed by atoms with Crippen molar-refractivity contribution in [2.24, 2.45) is 12.8 Å². The van der Waals surface area contributed by atoms with Crippen LogP contribution in [0.5, 0.6) is 0 Å². The van der Waals surface area contributed by atoms with Gasteiger partial charge < -0.3 is 5.73 Å². The number of aryl methyl sites for hydroxylation is 2. The molecule has 0 aliphatic heterocycles. The van der Waals surface area contributed by atoms with Crippen molar-refractivity contribution in [3.05, 3.63) is 52.7 Å². The maximum Gasteiger partial charge on any atom is 0.0624 e. The molecule has 0 bridgehead atoms. The molecule has 3 rings (SSSR count). The molecule has 2 N–H and O–H groups in total. The van der Waals surface area contributed by atoms with Gasteiger partial charge in [-0.1, -0.05) is 25.1 Å². The maximum absolute atomic E-state index is 6.42. The molecule has 0 radical (unpaired) electrons. The van der Waals surface area contributed by atoms with E-state index in [2.05, 4.69) is 47.7 Å². The second-order valence-corrected chi connectivity index (χ2v) is 6.01. The number of hydrogen-bond donors (Lipinski definition) is 1. The first kappa shape index (κ1) is 13.3. The third-order valence-corrected chi connectivity index (χ3v) is 4.71. The molecule has 20 heavy (non-hydrogen) atoms. The predicted octanol–water partition coefficient (Wildman–Crippen LogP) is 3.44. The van der Waals surface area contributed by atoms with Gasteiger partial charge in [-0.2, -0.15) is 5.10 Å². The first-order chi connectivity index (χ1) is 9.69. The topological polar surface area (TPSA) is 43.8 Å². The van der Waals surface area contributed by atoms with E-state index in [9.17, 15) is 0 Å². The summed E-state index contributed by atoms with van der Waals surface area (Å²) in [6, 6.07) is 10.6. The van der Waals surface area contributed by atoms with E-state index in [-0.39, 0.29) is 6.04 Å². The summed E-state index contributed by atoms with van der Waals surface area (Å²) >= 11 is 1.76. The van der Waals surface area contributed by atoms with Crippen molar-refractivity contribution < 1.29 is 0 Å². The number of nitrogens with two attached hydrogens (primary N) is 1. The van der Waals surface area contributed by atoms with Crippen LogP contribution in [0.2, 0.25) is 0 Å². The van der Waals surface area contributed by atoms with Gasteiger partial charge >= 0.3 is 0 Å². The number of rotatable bonds is 4. The van der Waals surface area contributed by atoms with Gasteiger partial charge in [0.25, 0.3) is 0 Å². The summed E-state index contributed by atoms with van der Waals surface area (Å²) in [5.41, 5.74) is 9.99. The smallest absolute Gasteiger partial charge is 0.0624 e. The molecular weight excluding hydrogens is 266 g/mol. The quantitative estimate of drug-likeness (QED) is 0.798. The van der Waals surface area contributed by atoms with Crippen molar-refractivity contribution in [3.8, 4) is 0 Å². The van der Waals surface area contributed by atoms with Gasteiger partial charge in [0, 0.05) is 29.9 Å². The minimum Gasteiger partial charge on any atom is -0.324 e. The van der Waals surface area contributed by atoms with Crippen molar-refractivity contribution in [1.82, 2.24) is 9.78 Å². The summed E-state index contributed by atoms with van der Waals surface area (Å²) in [7, 11) is 1.99. The van der Waals surface area contributed by atoms with Gasteiger partial charge in [-0.05, 0) is 34.9 Å². The summed E-state index contributed by atoms with van der Waals surface area (Å²) < 4.78 is 3.25. The summed E-state index contributed by atoms with van der Waals surface area (Å²) in [5.74, 6) is 0. The van der Waals surface area contributed by atoms with Crippen LogP contribution in [0.1, 0.15) is 29.9 Å². The van der Waals surface area contributed by atoms with Crippen LogP contribution >= 0.6 is 11.3 Å². The van der Waals surface area contributed by atoms with E-state index in [0.29, 0.717) is 0 Å². The van der Waals surface area contributed by atoms with Gasteiger partial charge in [0.05, 0.1) is 5.69 Å². The predicted molar refractivity (Wildman–Crippen MR) is 85.0 cm³/mol. The van der Waals surface area contributed by atoms with Crippen LogP contribution in [0.3, 0.4) is 0 Å². The number of fused-ring (bicyclic) bond motifs is 1. The number of nitrogens with zero attached hydrogens (tertiary/aromatic N) is 2. The molecule has 1 atom stereocenters. The Morgan fingerprint density at radius 2 is 2.15 bits per heavy atom. The Labute approximate surface area is 123 Å². The van der Waals surface area contributed by atoms with Crippen molar-refractivity contribution in [1.29, 1.82) is 0 Å². The molecule has 4 heteroatoms. The molecule has 0 amide bonds. The highest BCUT2D eigenvalue weighted by Crippen LogP contribution is 2.30. The highest BCUT2D eigenvalue weighted by atomic mass is 32.1. The summed E-state index contributed by atoms with van der Waals surface area (Å²) in [5, 5.41) is 7.96. The van der Waals surface area contributed by atoms with Gasteiger partial charge in [-0.25, -0.2) is 0 Å². The fourth-order valence-corrected chi connectivity index (χ4v) is 3.58. The second-order valence-electron chi connectivity index (χ2n) is 5.10. The summed E-state index contributed by atoms with van der Waals surface area (Å²) in [4.78, 5) is 0. The lowest BCUT2D eigenvalue weighted by atomic mass is 10.0. The first-order valence-corrected chi connectivity index (χ1v) is 7.80. The zero-order chi connectivity index (χ0) is 14.1. The van der Waals surface area contributed by atoms with Gasteiger partial charge in [0.2, 0.25) is 0 Å². The summed E-state index contributed by atoms with van der Waals surface area (Å²) in [6.45, 7) is 2.12. The van der Waals surface area contributed by atoms with Gasteiger partial charge in [0.1, 0.15) is 0 Å². The van der Waals surface area contributed by atoms with E-state index >= 15 is 0 Å². The Kier molecular flexibility index (Phi) is 3.59. The Hall–Kier alpha value is -1.65. The average Bonchev–Trinajstić information content (AvgIpc) is 3.03. The standard InChI is InChI=1S/C16H19N3S/c1-3-11-8-12(19(2)18-11)9-15(17)14-10-20-16-7-5-4-6-13(14)16/h4-8,10,15H,3,9,17H2,1-2H3. The van der Waals surface area contributed by atoms with Crippen LogP contribution in [-0.2, 0) is 19.9 Å². The van der Waals surface area contributed by atoms with Crippen LogP contribution in [-0.4, -0.2) is 9.78 Å². The van der Waals surface area contributed by atoms with Crippen LogP contribution in [0, 0.1) is 0 Å². The lowest BCUT2D eigenvalue weighted by Gasteiger charge is -2.11. The highest BCUT2D eigenvalue weighted by molar-refractivity contribution is 7.17. The van der Waals surface area contributed by atoms with Crippen molar-refractivity contribution >= 4 is 21.4 Å². The number of benzene rings is 1. The van der Waals surface area contributed by atoms with E-state index in [1.54, 1.807) is 11.3 Å². The van der Waals surface area contributed by atoms with Crippen LogP contribution in [0.15, 0.2) is 35.7 Å². The minimum atomic E-state index is 0.0197. The van der Waals surface area contributed by atoms with Crippen LogP contribution in [0.25, 0.3) is 10.1 Å². The number of aromatic nitrogens is 2. The van der Waals surface area contributed by atoms with E-state index in [0.717, 1.165) is 18.5 Å². The number of hydrogen-bond acceptors (Lipinski definition) is 3. The monoisotopic (exact) mass is 285 g/mol. The second kappa shape index (κ2) is 5.38. The Morgan fingerprint density at radius 3 is 2.90 bits per heavy atom. The lowest BCUT2D eigenvalue weighted by Crippen LogP contribution is -2.15. The molecule has 0 aliphatic rings. The van der Waals surface area contributed by atoms with Gasteiger partial charge in [-0.3, -0.25) is 4.68 Å². The SMILES string of the molecule is CCc1cc(CC(N)c2csc3ccccc23)n(C)n1. The molecule has 2 heterocycles. The molecule has 1 unspecified atom stereocenters. The van der Waals surface area contributed by atoms with Gasteiger partial charge in [-0.15, -0.1) is 11.3 Å². The van der Waals surface area contributed by atoms with E-state index in [4.69, 9.17) is 5.73 Å². The molecule has 0 saturated carbocycles. The third-order valence-electron chi connectivity index (χ3n) is 3.73. The van der Waals surface area contributed by atoms with Crippen molar-refractivity contribution in [2.45, 2.75) is 25.8 Å². The Balaban J connectivity index is 1.89. The largest absolute Gasteiger partial charge is 0.324 e. The molecule has 3 nitrogen and oxygen atoms in total. The maximum atomic E-state index is 6.42. The fraction of sp³-hybridized carbons (Fsp3) is 0.312. The number of thiophene rings is 1. The molecule has 3 aromatic rings. The zero-order valence-electron chi connectivity index (χ0n) is 11.8. The van der Waals surface area contributed by atoms with Crippen molar-refractivity contribution in [2.75, 3.05) is 0 Å². The Morgan fingerprint density at radius 1 is 1.35 bits per heavy atom. The van der Waals surface area contributed by atoms with E-state index in [1.165, 1.54) is 21.3 Å². The fourth-order valence-electron chi connectivity index (χ4n) is 2.56. The first-order valence-electron chi connectivity index (χ1n) is 6.92. The Bertz CT molecular complexity index is 726. The normalized spacial score (nSPS) is 12.9. The lowest BCUT2D eigenvalue weighted by molar-refractivity contribution is 0.641. The molecule has 2 aromatic heterocycles. The van der Waals surface area contributed by atoms with E-state index in [1.807, 2.05) is 11.7 Å². The average molecular weight is 285 g/mol. The molecular formula is C16H19N3S. The molecule has 0 saturated heterocycles. The van der Waals surface area contributed by atoms with Crippen LogP contribution < -0.4 is 5.73 Å². The molecule has 104 valence electrons. The third kappa shape index (κ3) is 2.37. The summed E-state index contributed by atoms with van der Waals surface area (Å²) in [6.07, 6.45) is 1.79. The molecule has 1 aromatic carbocycles. The molecule has 0 spiro atoms.